The highest BCUT2D eigenvalue weighted by atomic mass is 19.4. The number of pyridine rings is 1. The minimum atomic E-state index is -4.48. The molecule has 5 nitrogen and oxygen atoms in total. The summed E-state index contributed by atoms with van der Waals surface area (Å²) >= 11 is 0. The number of alkyl halides is 3. The number of aromatic amines is 1. The van der Waals surface area contributed by atoms with Crippen molar-refractivity contribution < 1.29 is 18.0 Å². The molecule has 0 saturated heterocycles. The molecule has 0 saturated carbocycles. The van der Waals surface area contributed by atoms with E-state index in [9.17, 15) is 18.0 Å². The number of aryl methyl sites for hydroxylation is 1. The number of anilines is 1. The number of carbonyl (C=O) groups excluding carboxylic acids is 1. The monoisotopic (exact) mass is 346 g/mol. The molecule has 0 bridgehead atoms. The topological polar surface area (TPSA) is 70.7 Å². The van der Waals surface area contributed by atoms with Gasteiger partial charge in [-0.25, -0.2) is 4.98 Å². The van der Waals surface area contributed by atoms with Gasteiger partial charge in [0, 0.05) is 17.4 Å². The lowest BCUT2D eigenvalue weighted by atomic mass is 10.1. The largest absolute Gasteiger partial charge is 0.416 e. The van der Waals surface area contributed by atoms with Crippen LogP contribution in [0, 0.1) is 6.92 Å². The molecule has 1 aromatic carbocycles. The van der Waals surface area contributed by atoms with Crippen LogP contribution in [0.2, 0.25) is 0 Å². The third-order valence-electron chi connectivity index (χ3n) is 3.55. The van der Waals surface area contributed by atoms with E-state index < -0.39 is 17.6 Å². The second kappa shape index (κ2) is 6.39. The molecule has 0 fully saturated rings. The van der Waals surface area contributed by atoms with Crippen LogP contribution in [0.5, 0.6) is 0 Å². The van der Waals surface area contributed by atoms with Crippen LogP contribution in [0.1, 0.15) is 21.6 Å². The van der Waals surface area contributed by atoms with Crippen molar-refractivity contribution in [2.45, 2.75) is 13.1 Å². The molecule has 2 heterocycles. The van der Waals surface area contributed by atoms with Crippen molar-refractivity contribution in [3.63, 3.8) is 0 Å². The summed E-state index contributed by atoms with van der Waals surface area (Å²) in [5, 5.41) is 8.94. The molecule has 3 rings (SSSR count). The van der Waals surface area contributed by atoms with Crippen molar-refractivity contribution in [2.24, 2.45) is 0 Å². The standard InChI is InChI=1S/C17H13F3N4O/c1-10-5-6-14(11-8-21-22-9-11)24-15(10)16(25)23-13-4-2-3-12(7-13)17(18,19)20/h2-9H,1H3,(H,21,22)(H,23,25). The second-order valence-electron chi connectivity index (χ2n) is 5.38. The molecule has 128 valence electrons. The molecule has 25 heavy (non-hydrogen) atoms. The number of H-pyrrole nitrogens is 1. The quantitative estimate of drug-likeness (QED) is 0.751. The number of carbonyl (C=O) groups is 1. The van der Waals surface area contributed by atoms with E-state index in [-0.39, 0.29) is 11.4 Å². The van der Waals surface area contributed by atoms with Crippen molar-refractivity contribution in [1.29, 1.82) is 0 Å². The summed E-state index contributed by atoms with van der Waals surface area (Å²) in [6, 6.07) is 7.91. The molecule has 1 amide bonds. The summed E-state index contributed by atoms with van der Waals surface area (Å²) in [6.45, 7) is 1.70. The molecule has 0 aliphatic heterocycles. The van der Waals surface area contributed by atoms with E-state index in [1.165, 1.54) is 12.1 Å². The van der Waals surface area contributed by atoms with Crippen molar-refractivity contribution in [3.05, 3.63) is 65.6 Å². The maximum Gasteiger partial charge on any atom is 0.416 e. The second-order valence-corrected chi connectivity index (χ2v) is 5.38. The number of hydrogen-bond donors (Lipinski definition) is 2. The summed E-state index contributed by atoms with van der Waals surface area (Å²) in [4.78, 5) is 16.7. The van der Waals surface area contributed by atoms with Crippen LogP contribution in [-0.4, -0.2) is 21.1 Å². The number of nitrogens with one attached hydrogen (secondary N) is 2. The Morgan fingerprint density at radius 3 is 2.68 bits per heavy atom. The first kappa shape index (κ1) is 16.7. The maximum atomic E-state index is 12.8. The molecule has 0 radical (unpaired) electrons. The van der Waals surface area contributed by atoms with Gasteiger partial charge in [0.15, 0.2) is 0 Å². The third kappa shape index (κ3) is 3.68. The van der Waals surface area contributed by atoms with Crippen LogP contribution >= 0.6 is 0 Å². The zero-order valence-electron chi connectivity index (χ0n) is 13.1. The number of benzene rings is 1. The predicted molar refractivity (Wildman–Crippen MR) is 86.0 cm³/mol. The Balaban J connectivity index is 1.88. The summed E-state index contributed by atoms with van der Waals surface area (Å²) < 4.78 is 38.3. The maximum absolute atomic E-state index is 12.8. The molecule has 3 aromatic rings. The SMILES string of the molecule is Cc1ccc(-c2cn[nH]c2)nc1C(=O)Nc1cccc(C(F)(F)F)c1. The van der Waals surface area contributed by atoms with E-state index in [1.807, 2.05) is 0 Å². The Bertz CT molecular complexity index is 905. The Hall–Kier alpha value is -3.16. The van der Waals surface area contributed by atoms with Gasteiger partial charge >= 0.3 is 6.18 Å². The van der Waals surface area contributed by atoms with Crippen molar-refractivity contribution in [3.8, 4) is 11.3 Å². The highest BCUT2D eigenvalue weighted by molar-refractivity contribution is 6.04. The highest BCUT2D eigenvalue weighted by Gasteiger charge is 2.30. The van der Waals surface area contributed by atoms with Gasteiger partial charge in [0.2, 0.25) is 0 Å². The van der Waals surface area contributed by atoms with Gasteiger partial charge in [-0.3, -0.25) is 9.89 Å². The summed E-state index contributed by atoms with van der Waals surface area (Å²) in [6.07, 6.45) is -1.28. The van der Waals surface area contributed by atoms with Crippen molar-refractivity contribution in [1.82, 2.24) is 15.2 Å². The van der Waals surface area contributed by atoms with Gasteiger partial charge in [0.1, 0.15) is 5.69 Å². The number of rotatable bonds is 3. The first-order valence-electron chi connectivity index (χ1n) is 7.30. The molecule has 0 spiro atoms. The van der Waals surface area contributed by atoms with Gasteiger partial charge in [-0.05, 0) is 36.8 Å². The van der Waals surface area contributed by atoms with Crippen molar-refractivity contribution in [2.75, 3.05) is 5.32 Å². The number of halogens is 3. The average Bonchev–Trinajstić information content (AvgIpc) is 3.09. The van der Waals surface area contributed by atoms with E-state index in [0.29, 0.717) is 16.8 Å². The zero-order valence-corrected chi connectivity index (χ0v) is 13.1. The zero-order chi connectivity index (χ0) is 18.0. The fourth-order valence-corrected chi connectivity index (χ4v) is 2.27. The molecule has 2 aromatic heterocycles. The van der Waals surface area contributed by atoms with Gasteiger partial charge in [0.05, 0.1) is 17.5 Å². The smallest absolute Gasteiger partial charge is 0.321 e. The van der Waals surface area contributed by atoms with Crippen LogP contribution < -0.4 is 5.32 Å². The first-order valence-corrected chi connectivity index (χ1v) is 7.30. The Morgan fingerprint density at radius 2 is 2.00 bits per heavy atom. The summed E-state index contributed by atoms with van der Waals surface area (Å²) in [5.74, 6) is -0.581. The summed E-state index contributed by atoms with van der Waals surface area (Å²) in [5.41, 5.74) is 1.20. The summed E-state index contributed by atoms with van der Waals surface area (Å²) in [7, 11) is 0. The molecule has 0 aliphatic carbocycles. The molecule has 0 atom stereocenters. The Labute approximate surface area is 140 Å². The van der Waals surface area contributed by atoms with Gasteiger partial charge in [-0.1, -0.05) is 12.1 Å². The number of hydrogen-bond acceptors (Lipinski definition) is 3. The lowest BCUT2D eigenvalue weighted by molar-refractivity contribution is -0.137. The van der Waals surface area contributed by atoms with Gasteiger partial charge in [0.25, 0.3) is 5.91 Å². The van der Waals surface area contributed by atoms with Crippen LogP contribution in [0.3, 0.4) is 0 Å². The van der Waals surface area contributed by atoms with Gasteiger partial charge < -0.3 is 5.32 Å². The highest BCUT2D eigenvalue weighted by Crippen LogP contribution is 2.30. The van der Waals surface area contributed by atoms with Crippen LogP contribution in [0.4, 0.5) is 18.9 Å². The predicted octanol–water partition coefficient (Wildman–Crippen LogP) is 4.05. The third-order valence-corrected chi connectivity index (χ3v) is 3.55. The molecular formula is C17H13F3N4O. The Morgan fingerprint density at radius 1 is 1.20 bits per heavy atom. The van der Waals surface area contributed by atoms with Crippen molar-refractivity contribution >= 4 is 11.6 Å². The molecule has 2 N–H and O–H groups in total. The number of aromatic nitrogens is 3. The molecule has 0 aliphatic rings. The normalized spacial score (nSPS) is 11.4. The fraction of sp³-hybridized carbons (Fsp3) is 0.118. The van der Waals surface area contributed by atoms with Gasteiger partial charge in [-0.15, -0.1) is 0 Å². The lowest BCUT2D eigenvalue weighted by Gasteiger charge is -2.11. The number of nitrogens with zero attached hydrogens (tertiary/aromatic N) is 2. The van der Waals surface area contributed by atoms with E-state index in [1.54, 1.807) is 31.5 Å². The van der Waals surface area contributed by atoms with E-state index in [4.69, 9.17) is 0 Å². The van der Waals surface area contributed by atoms with E-state index in [0.717, 1.165) is 12.1 Å². The first-order chi connectivity index (χ1) is 11.8. The number of amides is 1. The molecule has 8 heteroatoms. The minimum Gasteiger partial charge on any atom is -0.321 e. The fourth-order valence-electron chi connectivity index (χ4n) is 2.27. The van der Waals surface area contributed by atoms with Crippen LogP contribution in [0.15, 0.2) is 48.8 Å². The van der Waals surface area contributed by atoms with Gasteiger partial charge in [-0.2, -0.15) is 18.3 Å². The molecular weight excluding hydrogens is 333 g/mol. The van der Waals surface area contributed by atoms with Crippen LogP contribution in [0.25, 0.3) is 11.3 Å². The van der Waals surface area contributed by atoms with Crippen LogP contribution in [-0.2, 0) is 6.18 Å². The Kier molecular flexibility index (Phi) is 4.26. The van der Waals surface area contributed by atoms with E-state index >= 15 is 0 Å². The average molecular weight is 346 g/mol. The minimum absolute atomic E-state index is 0.0507. The van der Waals surface area contributed by atoms with E-state index in [2.05, 4.69) is 20.5 Å². The lowest BCUT2D eigenvalue weighted by Crippen LogP contribution is -2.16. The molecule has 0 unspecified atom stereocenters.